The Hall–Kier alpha value is -1.38. The van der Waals surface area contributed by atoms with E-state index in [2.05, 4.69) is 23.2 Å². The molecule has 10 heavy (non-hydrogen) atoms. The van der Waals surface area contributed by atoms with Crippen molar-refractivity contribution in [1.29, 1.82) is 0 Å². The summed E-state index contributed by atoms with van der Waals surface area (Å²) >= 11 is 0. The molecule has 3 heteroatoms. The summed E-state index contributed by atoms with van der Waals surface area (Å²) in [4.78, 5) is 4.06. The molecule has 52 valence electrons. The summed E-state index contributed by atoms with van der Waals surface area (Å²) in [5.41, 5.74) is 0. The number of nitrogens with zero attached hydrogens (tertiary/aromatic N) is 3. The van der Waals surface area contributed by atoms with Gasteiger partial charge >= 0.3 is 0 Å². The largest absolute Gasteiger partial charge is 0.222 e. The molecule has 0 aliphatic rings. The number of aryl methyl sites for hydroxylation is 1. The van der Waals surface area contributed by atoms with Crippen LogP contribution in [0.3, 0.4) is 0 Å². The third-order valence-corrected chi connectivity index (χ3v) is 1.12. The molecule has 0 aliphatic carbocycles. The zero-order chi connectivity index (χ0) is 7.56. The molecule has 1 aromatic rings. The lowest BCUT2D eigenvalue weighted by Gasteiger charge is -1.88. The summed E-state index contributed by atoms with van der Waals surface area (Å²) in [7, 11) is 0. The van der Waals surface area contributed by atoms with E-state index in [1.54, 1.807) is 17.0 Å². The number of hydrogen-bond acceptors (Lipinski definition) is 2. The summed E-state index contributed by atoms with van der Waals surface area (Å²) in [6.07, 6.45) is 3.23. The molecule has 0 unspecified atom stereocenters. The predicted molar refractivity (Wildman–Crippen MR) is 41.2 cm³/mol. The average Bonchev–Trinajstić information content (AvgIpc) is 2.30. The van der Waals surface area contributed by atoms with Gasteiger partial charge in [-0.3, -0.25) is 0 Å². The van der Waals surface area contributed by atoms with Crippen molar-refractivity contribution in [2.24, 2.45) is 0 Å². The first kappa shape index (κ1) is 6.74. The van der Waals surface area contributed by atoms with E-state index in [9.17, 15) is 0 Å². The van der Waals surface area contributed by atoms with E-state index in [0.29, 0.717) is 0 Å². The maximum Gasteiger partial charge on any atom is 0.154 e. The van der Waals surface area contributed by atoms with Gasteiger partial charge in [-0.2, -0.15) is 5.10 Å². The molecule has 1 heterocycles. The molecule has 0 spiro atoms. The van der Waals surface area contributed by atoms with Crippen molar-refractivity contribution >= 4 is 12.3 Å². The van der Waals surface area contributed by atoms with Crippen molar-refractivity contribution < 1.29 is 0 Å². The normalized spacial score (nSPS) is 9.30. The molecule has 3 nitrogen and oxygen atoms in total. The summed E-state index contributed by atoms with van der Waals surface area (Å²) < 4.78 is 1.59. The van der Waals surface area contributed by atoms with Gasteiger partial charge < -0.3 is 0 Å². The fraction of sp³-hybridized carbons (Fsp3) is 0.143. The second kappa shape index (κ2) is 2.47. The maximum absolute atomic E-state index is 4.06. The third kappa shape index (κ3) is 0.978. The van der Waals surface area contributed by atoms with Crippen molar-refractivity contribution in [2.75, 3.05) is 0 Å². The van der Waals surface area contributed by atoms with Crippen molar-refractivity contribution in [1.82, 2.24) is 14.8 Å². The Labute approximate surface area is 59.7 Å². The molecule has 0 aliphatic heterocycles. The molecule has 0 N–H and O–H groups in total. The first-order valence-electron chi connectivity index (χ1n) is 2.96. The minimum atomic E-state index is 0.729. The fourth-order valence-corrected chi connectivity index (χ4v) is 0.720. The monoisotopic (exact) mass is 135 g/mol. The van der Waals surface area contributed by atoms with Crippen LogP contribution in [0.15, 0.2) is 13.2 Å². The Balaban J connectivity index is 3.20. The predicted octanol–water partition coefficient (Wildman–Crippen LogP) is 1.33. The van der Waals surface area contributed by atoms with Crippen molar-refractivity contribution in [3.05, 3.63) is 24.8 Å². The minimum Gasteiger partial charge on any atom is -0.222 e. The molecule has 0 saturated carbocycles. The van der Waals surface area contributed by atoms with Gasteiger partial charge in [-0.15, -0.1) is 0 Å². The van der Waals surface area contributed by atoms with Gasteiger partial charge in [0.1, 0.15) is 5.82 Å². The lowest BCUT2D eigenvalue weighted by Crippen LogP contribution is -1.90. The third-order valence-electron chi connectivity index (χ3n) is 1.12. The number of rotatable bonds is 2. The van der Waals surface area contributed by atoms with Crippen LogP contribution in [0.5, 0.6) is 0 Å². The summed E-state index contributed by atoms with van der Waals surface area (Å²) in [5.74, 6) is 1.46. The SMILES string of the molecule is C=Cc1nc(C)nn1C=C. The summed E-state index contributed by atoms with van der Waals surface area (Å²) in [6, 6.07) is 0. The Kier molecular flexibility index (Phi) is 1.67. The maximum atomic E-state index is 4.06. The zero-order valence-electron chi connectivity index (χ0n) is 5.91. The Morgan fingerprint density at radius 2 is 2.20 bits per heavy atom. The Morgan fingerprint density at radius 1 is 1.50 bits per heavy atom. The Morgan fingerprint density at radius 3 is 2.60 bits per heavy atom. The smallest absolute Gasteiger partial charge is 0.154 e. The first-order valence-corrected chi connectivity index (χ1v) is 2.96. The van der Waals surface area contributed by atoms with Gasteiger partial charge in [0.2, 0.25) is 0 Å². The zero-order valence-corrected chi connectivity index (χ0v) is 5.91. The molecule has 0 radical (unpaired) electrons. The van der Waals surface area contributed by atoms with Crippen LogP contribution >= 0.6 is 0 Å². The van der Waals surface area contributed by atoms with E-state index in [0.717, 1.165) is 11.6 Å². The quantitative estimate of drug-likeness (QED) is 0.612. The highest BCUT2D eigenvalue weighted by Gasteiger charge is 1.97. The van der Waals surface area contributed by atoms with Gasteiger partial charge in [0.05, 0.1) is 0 Å². The standard InChI is InChI=1S/C7H9N3/c1-4-7-8-6(3)9-10(7)5-2/h4-5H,1-2H2,3H3. The van der Waals surface area contributed by atoms with Crippen molar-refractivity contribution in [3.63, 3.8) is 0 Å². The van der Waals surface area contributed by atoms with Crippen LogP contribution in [0.4, 0.5) is 0 Å². The molecule has 0 saturated heterocycles. The van der Waals surface area contributed by atoms with Crippen LogP contribution in [0.2, 0.25) is 0 Å². The molecular formula is C7H9N3. The molecule has 0 bridgehead atoms. The van der Waals surface area contributed by atoms with Crippen molar-refractivity contribution in [2.45, 2.75) is 6.92 Å². The van der Waals surface area contributed by atoms with Crippen LogP contribution < -0.4 is 0 Å². The van der Waals surface area contributed by atoms with E-state index in [-0.39, 0.29) is 0 Å². The molecule has 1 aromatic heterocycles. The van der Waals surface area contributed by atoms with E-state index < -0.39 is 0 Å². The van der Waals surface area contributed by atoms with Crippen molar-refractivity contribution in [3.8, 4) is 0 Å². The van der Waals surface area contributed by atoms with Crippen LogP contribution in [-0.4, -0.2) is 14.8 Å². The highest BCUT2D eigenvalue weighted by Crippen LogP contribution is 1.98. The van der Waals surface area contributed by atoms with Crippen LogP contribution in [0, 0.1) is 6.92 Å². The summed E-state index contributed by atoms with van der Waals surface area (Å²) in [5, 5.41) is 4.02. The average molecular weight is 135 g/mol. The van der Waals surface area contributed by atoms with Gasteiger partial charge in [-0.05, 0) is 13.0 Å². The van der Waals surface area contributed by atoms with E-state index in [4.69, 9.17) is 0 Å². The lowest BCUT2D eigenvalue weighted by atomic mass is 10.6. The van der Waals surface area contributed by atoms with Gasteiger partial charge in [0, 0.05) is 6.20 Å². The van der Waals surface area contributed by atoms with Gasteiger partial charge in [0.15, 0.2) is 5.82 Å². The molecule has 1 rings (SSSR count). The first-order chi connectivity index (χ1) is 4.77. The van der Waals surface area contributed by atoms with Gasteiger partial charge in [0.25, 0.3) is 0 Å². The Bertz CT molecular complexity index is 234. The second-order valence-electron chi connectivity index (χ2n) is 1.85. The molecule has 0 fully saturated rings. The summed E-state index contributed by atoms with van der Waals surface area (Å²) in [6.45, 7) is 8.97. The van der Waals surface area contributed by atoms with Gasteiger partial charge in [-0.1, -0.05) is 13.2 Å². The molecular weight excluding hydrogens is 126 g/mol. The van der Waals surface area contributed by atoms with Crippen LogP contribution in [-0.2, 0) is 0 Å². The topological polar surface area (TPSA) is 30.7 Å². The highest BCUT2D eigenvalue weighted by molar-refractivity contribution is 5.40. The molecule has 0 atom stereocenters. The molecule has 0 aromatic carbocycles. The van der Waals surface area contributed by atoms with E-state index in [1.807, 2.05) is 6.92 Å². The highest BCUT2D eigenvalue weighted by atomic mass is 15.3. The van der Waals surface area contributed by atoms with E-state index >= 15 is 0 Å². The minimum absolute atomic E-state index is 0.729. The van der Waals surface area contributed by atoms with E-state index in [1.165, 1.54) is 0 Å². The number of aromatic nitrogens is 3. The van der Waals surface area contributed by atoms with Crippen LogP contribution in [0.25, 0.3) is 12.3 Å². The lowest BCUT2D eigenvalue weighted by molar-refractivity contribution is 0.905. The number of hydrogen-bond donors (Lipinski definition) is 0. The fourth-order valence-electron chi connectivity index (χ4n) is 0.720. The second-order valence-corrected chi connectivity index (χ2v) is 1.85. The van der Waals surface area contributed by atoms with Crippen LogP contribution in [0.1, 0.15) is 11.6 Å². The van der Waals surface area contributed by atoms with Gasteiger partial charge in [-0.25, -0.2) is 9.67 Å². The molecule has 0 amide bonds.